The van der Waals surface area contributed by atoms with Gasteiger partial charge in [0.1, 0.15) is 6.04 Å². The van der Waals surface area contributed by atoms with Crippen molar-refractivity contribution in [2.45, 2.75) is 24.7 Å². The number of methoxy groups -OCH3 is 2. The first-order valence-corrected chi connectivity index (χ1v) is 8.38. The summed E-state index contributed by atoms with van der Waals surface area (Å²) in [7, 11) is 2.53. The van der Waals surface area contributed by atoms with Crippen LogP contribution in [0.3, 0.4) is 0 Å². The van der Waals surface area contributed by atoms with Crippen LogP contribution in [-0.2, 0) is 31.7 Å². The minimum atomic E-state index is -4.45. The number of alkyl halides is 3. The summed E-state index contributed by atoms with van der Waals surface area (Å²) in [5.74, 6) is -1.27. The lowest BCUT2D eigenvalue weighted by atomic mass is 10.0. The van der Waals surface area contributed by atoms with Crippen LogP contribution in [0, 0.1) is 0 Å². The molecule has 2 atom stereocenters. The van der Waals surface area contributed by atoms with Gasteiger partial charge in [-0.1, -0.05) is 42.5 Å². The predicted octanol–water partition coefficient (Wildman–Crippen LogP) is 3.29. The normalized spacial score (nSPS) is 13.5. The van der Waals surface area contributed by atoms with Crippen LogP contribution in [0.25, 0.3) is 0 Å². The Bertz CT molecular complexity index is 791. The van der Waals surface area contributed by atoms with E-state index in [4.69, 9.17) is 9.47 Å². The summed E-state index contributed by atoms with van der Waals surface area (Å²) in [5.41, 5.74) is 0.247. The van der Waals surface area contributed by atoms with Gasteiger partial charge in [-0.3, -0.25) is 4.79 Å². The summed E-state index contributed by atoms with van der Waals surface area (Å²) in [6, 6.07) is 12.0. The molecule has 1 amide bonds. The van der Waals surface area contributed by atoms with Crippen molar-refractivity contribution in [3.63, 3.8) is 0 Å². The van der Waals surface area contributed by atoms with E-state index in [-0.39, 0.29) is 6.42 Å². The number of carbonyl (C=O) groups excluding carboxylic acids is 2. The lowest BCUT2D eigenvalue weighted by Crippen LogP contribution is -2.45. The summed E-state index contributed by atoms with van der Waals surface area (Å²) in [6.07, 6.45) is -5.42. The van der Waals surface area contributed by atoms with E-state index in [1.807, 2.05) is 0 Å². The number of carbonyl (C=O) groups is 2. The van der Waals surface area contributed by atoms with Crippen LogP contribution < -0.4 is 5.32 Å². The van der Waals surface area contributed by atoms with Crippen molar-refractivity contribution < 1.29 is 32.2 Å². The topological polar surface area (TPSA) is 64.6 Å². The van der Waals surface area contributed by atoms with Gasteiger partial charge in [-0.05, 0) is 23.3 Å². The largest absolute Gasteiger partial charge is 0.467 e. The van der Waals surface area contributed by atoms with Crippen molar-refractivity contribution in [3.8, 4) is 0 Å². The Morgan fingerprint density at radius 3 is 2.11 bits per heavy atom. The smallest absolute Gasteiger partial charge is 0.416 e. The van der Waals surface area contributed by atoms with Crippen LogP contribution in [0.4, 0.5) is 13.2 Å². The first kappa shape index (κ1) is 21.4. The third kappa shape index (κ3) is 5.56. The number of halogens is 3. The highest BCUT2D eigenvalue weighted by Crippen LogP contribution is 2.29. The van der Waals surface area contributed by atoms with Gasteiger partial charge < -0.3 is 14.8 Å². The van der Waals surface area contributed by atoms with E-state index in [1.165, 1.54) is 26.4 Å². The van der Waals surface area contributed by atoms with Crippen molar-refractivity contribution in [2.75, 3.05) is 14.2 Å². The average Bonchev–Trinajstić information content (AvgIpc) is 2.68. The number of esters is 1. The highest BCUT2D eigenvalue weighted by atomic mass is 19.4. The fourth-order valence-electron chi connectivity index (χ4n) is 2.67. The van der Waals surface area contributed by atoms with E-state index in [0.29, 0.717) is 11.1 Å². The highest BCUT2D eigenvalue weighted by molar-refractivity contribution is 5.87. The van der Waals surface area contributed by atoms with Crippen molar-refractivity contribution in [1.29, 1.82) is 0 Å². The first-order valence-electron chi connectivity index (χ1n) is 8.38. The molecule has 0 aliphatic heterocycles. The van der Waals surface area contributed by atoms with E-state index in [0.717, 1.165) is 12.1 Å². The van der Waals surface area contributed by atoms with E-state index in [1.54, 1.807) is 30.3 Å². The number of amides is 1. The maximum Gasteiger partial charge on any atom is 0.416 e. The molecule has 5 nitrogen and oxygen atoms in total. The zero-order chi connectivity index (χ0) is 20.7. The molecule has 0 spiro atoms. The monoisotopic (exact) mass is 395 g/mol. The minimum absolute atomic E-state index is 0.0260. The molecular weight excluding hydrogens is 375 g/mol. The Morgan fingerprint density at radius 1 is 1.00 bits per heavy atom. The average molecular weight is 395 g/mol. The van der Waals surface area contributed by atoms with Crippen molar-refractivity contribution in [2.24, 2.45) is 0 Å². The Hall–Kier alpha value is -2.87. The molecule has 0 radical (unpaired) electrons. The van der Waals surface area contributed by atoms with Gasteiger partial charge in [-0.25, -0.2) is 4.79 Å². The first-order chi connectivity index (χ1) is 13.3. The molecule has 1 N–H and O–H groups in total. The standard InChI is InChI=1S/C20H20F3NO4/c1-27-17(14-6-4-3-5-7-14)18(25)24-16(19(26)28-2)12-13-8-10-15(11-9-13)20(21,22)23/h3-11,16-17H,12H2,1-2H3,(H,24,25)/t16-,17+/m1/s1. The summed E-state index contributed by atoms with van der Waals surface area (Å²) in [6.45, 7) is 0. The van der Waals surface area contributed by atoms with Gasteiger partial charge in [-0.15, -0.1) is 0 Å². The molecule has 150 valence electrons. The third-order valence-electron chi connectivity index (χ3n) is 4.10. The number of hydrogen-bond donors (Lipinski definition) is 1. The van der Waals surface area contributed by atoms with E-state index >= 15 is 0 Å². The number of rotatable bonds is 7. The van der Waals surface area contributed by atoms with E-state index in [2.05, 4.69) is 5.32 Å². The zero-order valence-corrected chi connectivity index (χ0v) is 15.3. The molecule has 2 aromatic carbocycles. The van der Waals surface area contributed by atoms with Crippen molar-refractivity contribution in [3.05, 3.63) is 71.3 Å². The summed E-state index contributed by atoms with van der Waals surface area (Å²) in [5, 5.41) is 2.55. The Kier molecular flexibility index (Phi) is 7.17. The second-order valence-corrected chi connectivity index (χ2v) is 6.01. The quantitative estimate of drug-likeness (QED) is 0.731. The molecule has 0 heterocycles. The Morgan fingerprint density at radius 2 is 1.61 bits per heavy atom. The molecule has 0 saturated carbocycles. The predicted molar refractivity (Wildman–Crippen MR) is 95.3 cm³/mol. The number of ether oxygens (including phenoxy) is 2. The molecule has 2 rings (SSSR count). The molecule has 2 aromatic rings. The van der Waals surface area contributed by atoms with Gasteiger partial charge in [0.25, 0.3) is 5.91 Å². The fourth-order valence-corrected chi connectivity index (χ4v) is 2.67. The zero-order valence-electron chi connectivity index (χ0n) is 15.3. The maximum absolute atomic E-state index is 12.7. The fraction of sp³-hybridized carbons (Fsp3) is 0.300. The van der Waals surface area contributed by atoms with Crippen LogP contribution in [-0.4, -0.2) is 32.1 Å². The Balaban J connectivity index is 2.15. The number of nitrogens with one attached hydrogen (secondary N) is 1. The lowest BCUT2D eigenvalue weighted by molar-refractivity contribution is -0.146. The second kappa shape index (κ2) is 9.36. The maximum atomic E-state index is 12.7. The lowest BCUT2D eigenvalue weighted by Gasteiger charge is -2.21. The van der Waals surface area contributed by atoms with Crippen LogP contribution >= 0.6 is 0 Å². The van der Waals surface area contributed by atoms with Gasteiger partial charge in [0.2, 0.25) is 0 Å². The third-order valence-corrected chi connectivity index (χ3v) is 4.10. The summed E-state index contributed by atoms with van der Waals surface area (Å²) >= 11 is 0. The molecule has 0 aromatic heterocycles. The van der Waals surface area contributed by atoms with Gasteiger partial charge >= 0.3 is 12.1 Å². The summed E-state index contributed by atoms with van der Waals surface area (Å²) in [4.78, 5) is 24.7. The Labute approximate surface area is 160 Å². The van der Waals surface area contributed by atoms with E-state index < -0.39 is 35.8 Å². The molecular formula is C20H20F3NO4. The molecule has 8 heteroatoms. The van der Waals surface area contributed by atoms with Crippen LogP contribution in [0.15, 0.2) is 54.6 Å². The molecule has 0 fully saturated rings. The highest BCUT2D eigenvalue weighted by Gasteiger charge is 2.31. The second-order valence-electron chi connectivity index (χ2n) is 6.01. The van der Waals surface area contributed by atoms with Gasteiger partial charge in [0, 0.05) is 13.5 Å². The van der Waals surface area contributed by atoms with E-state index in [9.17, 15) is 22.8 Å². The molecule has 0 saturated heterocycles. The van der Waals surface area contributed by atoms with Crippen molar-refractivity contribution in [1.82, 2.24) is 5.32 Å². The molecule has 0 unspecified atom stereocenters. The summed E-state index contributed by atoms with van der Waals surface area (Å²) < 4.78 is 48.0. The molecule has 0 bridgehead atoms. The minimum Gasteiger partial charge on any atom is -0.467 e. The van der Waals surface area contributed by atoms with Crippen LogP contribution in [0.5, 0.6) is 0 Å². The van der Waals surface area contributed by atoms with Gasteiger partial charge in [0.15, 0.2) is 6.10 Å². The van der Waals surface area contributed by atoms with Crippen molar-refractivity contribution >= 4 is 11.9 Å². The van der Waals surface area contributed by atoms with Crippen LogP contribution in [0.1, 0.15) is 22.8 Å². The number of benzene rings is 2. The SMILES string of the molecule is COC(=O)[C@@H](Cc1ccc(C(F)(F)F)cc1)NC(=O)[C@@H](OC)c1ccccc1. The molecule has 0 aliphatic rings. The molecule has 0 aliphatic carbocycles. The van der Waals surface area contributed by atoms with Gasteiger partial charge in [0.05, 0.1) is 12.7 Å². The molecule has 28 heavy (non-hydrogen) atoms. The van der Waals surface area contributed by atoms with Gasteiger partial charge in [-0.2, -0.15) is 13.2 Å². The number of hydrogen-bond acceptors (Lipinski definition) is 4. The van der Waals surface area contributed by atoms with Crippen LogP contribution in [0.2, 0.25) is 0 Å².